The van der Waals surface area contributed by atoms with E-state index < -0.39 is 0 Å². The summed E-state index contributed by atoms with van der Waals surface area (Å²) in [5.41, 5.74) is 2.08. The summed E-state index contributed by atoms with van der Waals surface area (Å²) in [7, 11) is 1.43. The molecule has 1 aliphatic rings. The van der Waals surface area contributed by atoms with Crippen LogP contribution in [0, 0.1) is 5.92 Å². The molecule has 0 aromatic heterocycles. The number of piperidine rings is 1. The topological polar surface area (TPSA) is 58.6 Å². The molecule has 1 heterocycles. The zero-order chi connectivity index (χ0) is 18.4. The monoisotopic (exact) mass is 346 g/mol. The smallest absolute Gasteiger partial charge is 0.308 e. The average molecular weight is 346 g/mol. The number of likely N-dealkylation sites (tertiary alicyclic amines) is 1. The van der Waals surface area contributed by atoms with Gasteiger partial charge in [0.15, 0.2) is 0 Å². The van der Waals surface area contributed by atoms with Crippen LogP contribution in [0.25, 0.3) is 0 Å². The highest BCUT2D eigenvalue weighted by molar-refractivity contribution is 5.95. The Kier molecular flexibility index (Phi) is 7.00. The number of methoxy groups -OCH3 is 1. The van der Waals surface area contributed by atoms with E-state index in [2.05, 4.69) is 30.1 Å². The van der Waals surface area contributed by atoms with Gasteiger partial charge < -0.3 is 10.1 Å². The Morgan fingerprint density at radius 1 is 1.24 bits per heavy atom. The number of nitrogens with one attached hydrogen (secondary N) is 1. The van der Waals surface area contributed by atoms with Crippen molar-refractivity contribution in [1.82, 2.24) is 4.90 Å². The minimum atomic E-state index is -0.219. The van der Waals surface area contributed by atoms with Gasteiger partial charge in [0.05, 0.1) is 19.1 Å². The van der Waals surface area contributed by atoms with Crippen molar-refractivity contribution in [3.05, 3.63) is 29.8 Å². The molecule has 1 aromatic carbocycles. The van der Waals surface area contributed by atoms with E-state index in [1.807, 2.05) is 25.1 Å². The number of esters is 1. The first-order valence-electron chi connectivity index (χ1n) is 9.19. The molecule has 2 rings (SSSR count). The van der Waals surface area contributed by atoms with Gasteiger partial charge in [0.2, 0.25) is 5.91 Å². The molecule has 1 N–H and O–H groups in total. The predicted molar refractivity (Wildman–Crippen MR) is 99.6 cm³/mol. The van der Waals surface area contributed by atoms with Crippen molar-refractivity contribution in [2.75, 3.05) is 25.5 Å². The van der Waals surface area contributed by atoms with Crippen molar-refractivity contribution < 1.29 is 14.3 Å². The minimum absolute atomic E-state index is 0.00673. The van der Waals surface area contributed by atoms with E-state index in [1.165, 1.54) is 12.7 Å². The SMILES string of the molecule is CC[C@@H](C)c1ccccc1NC(=O)[C@H](C)N1CCC(C(=O)OC)CC1. The van der Waals surface area contributed by atoms with Gasteiger partial charge in [-0.3, -0.25) is 14.5 Å². The van der Waals surface area contributed by atoms with Crippen molar-refractivity contribution >= 4 is 17.6 Å². The third kappa shape index (κ3) is 4.82. The molecule has 5 heteroatoms. The van der Waals surface area contributed by atoms with E-state index >= 15 is 0 Å². The fourth-order valence-corrected chi connectivity index (χ4v) is 3.35. The number of hydrogen-bond acceptors (Lipinski definition) is 4. The van der Waals surface area contributed by atoms with E-state index in [0.717, 1.165) is 38.0 Å². The minimum Gasteiger partial charge on any atom is -0.469 e. The lowest BCUT2D eigenvalue weighted by molar-refractivity contribution is -0.147. The van der Waals surface area contributed by atoms with Gasteiger partial charge in [-0.15, -0.1) is 0 Å². The van der Waals surface area contributed by atoms with Crippen LogP contribution in [0.15, 0.2) is 24.3 Å². The molecule has 0 spiro atoms. The number of carbonyl (C=O) groups excluding carboxylic acids is 2. The van der Waals surface area contributed by atoms with Crippen LogP contribution < -0.4 is 5.32 Å². The maximum atomic E-state index is 12.7. The highest BCUT2D eigenvalue weighted by atomic mass is 16.5. The van der Waals surface area contributed by atoms with Gasteiger partial charge in [0, 0.05) is 5.69 Å². The standard InChI is InChI=1S/C20H30N2O3/c1-5-14(2)17-8-6-7-9-18(17)21-19(23)15(3)22-12-10-16(11-13-22)20(24)25-4/h6-9,14-16H,5,10-13H2,1-4H3,(H,21,23)/t14-,15+/m1/s1. The van der Waals surface area contributed by atoms with Crippen molar-refractivity contribution in [3.8, 4) is 0 Å². The molecule has 5 nitrogen and oxygen atoms in total. The Morgan fingerprint density at radius 3 is 2.48 bits per heavy atom. The molecule has 1 saturated heterocycles. The molecule has 1 amide bonds. The highest BCUT2D eigenvalue weighted by Crippen LogP contribution is 2.27. The molecule has 1 fully saturated rings. The fraction of sp³-hybridized carbons (Fsp3) is 0.600. The molecule has 0 radical (unpaired) electrons. The fourth-order valence-electron chi connectivity index (χ4n) is 3.35. The van der Waals surface area contributed by atoms with Crippen molar-refractivity contribution in [2.45, 2.75) is 52.0 Å². The molecule has 25 heavy (non-hydrogen) atoms. The zero-order valence-electron chi connectivity index (χ0n) is 15.7. The number of anilines is 1. The summed E-state index contributed by atoms with van der Waals surface area (Å²) in [5, 5.41) is 3.10. The summed E-state index contributed by atoms with van der Waals surface area (Å²) in [6.45, 7) is 7.73. The Balaban J connectivity index is 1.97. The summed E-state index contributed by atoms with van der Waals surface area (Å²) in [4.78, 5) is 26.5. The van der Waals surface area contributed by atoms with Gasteiger partial charge in [-0.1, -0.05) is 32.0 Å². The van der Waals surface area contributed by atoms with E-state index in [9.17, 15) is 9.59 Å². The molecule has 0 unspecified atom stereocenters. The van der Waals surface area contributed by atoms with Crippen LogP contribution in [0.2, 0.25) is 0 Å². The summed E-state index contributed by atoms with van der Waals surface area (Å²) in [6, 6.07) is 7.79. The lowest BCUT2D eigenvalue weighted by Crippen LogP contribution is -2.47. The number of para-hydroxylation sites is 1. The summed E-state index contributed by atoms with van der Waals surface area (Å²) < 4.78 is 4.82. The van der Waals surface area contributed by atoms with E-state index in [0.29, 0.717) is 5.92 Å². The van der Waals surface area contributed by atoms with Crippen molar-refractivity contribution in [3.63, 3.8) is 0 Å². The van der Waals surface area contributed by atoms with Crippen LogP contribution in [0.1, 0.15) is 51.5 Å². The molecule has 1 aromatic rings. The van der Waals surface area contributed by atoms with Crippen molar-refractivity contribution in [2.24, 2.45) is 5.92 Å². The first-order valence-corrected chi connectivity index (χ1v) is 9.19. The Hall–Kier alpha value is -1.88. The third-order valence-electron chi connectivity index (χ3n) is 5.35. The number of nitrogens with zero attached hydrogens (tertiary/aromatic N) is 1. The Labute approximate surface area is 150 Å². The second kappa shape index (κ2) is 8.99. The number of rotatable bonds is 6. The van der Waals surface area contributed by atoms with Crippen LogP contribution >= 0.6 is 0 Å². The first kappa shape index (κ1) is 19.4. The number of benzene rings is 1. The average Bonchev–Trinajstić information content (AvgIpc) is 2.66. The third-order valence-corrected chi connectivity index (χ3v) is 5.35. The lowest BCUT2D eigenvalue weighted by atomic mass is 9.95. The Bertz CT molecular complexity index is 594. The number of amides is 1. The van der Waals surface area contributed by atoms with Gasteiger partial charge in [-0.05, 0) is 56.8 Å². The molecule has 0 aliphatic carbocycles. The normalized spacial score (nSPS) is 18.4. The van der Waals surface area contributed by atoms with E-state index in [1.54, 1.807) is 0 Å². The van der Waals surface area contributed by atoms with Gasteiger partial charge >= 0.3 is 5.97 Å². The molecule has 1 aliphatic heterocycles. The second-order valence-corrected chi connectivity index (χ2v) is 6.90. The maximum absolute atomic E-state index is 12.7. The van der Waals surface area contributed by atoms with Crippen LogP contribution in [0.5, 0.6) is 0 Å². The largest absolute Gasteiger partial charge is 0.469 e. The maximum Gasteiger partial charge on any atom is 0.308 e. The van der Waals surface area contributed by atoms with Crippen LogP contribution in [-0.2, 0) is 14.3 Å². The predicted octanol–water partition coefficient (Wildman–Crippen LogP) is 3.41. The van der Waals surface area contributed by atoms with E-state index in [4.69, 9.17) is 4.74 Å². The molecular weight excluding hydrogens is 316 g/mol. The summed E-state index contributed by atoms with van der Waals surface area (Å²) in [5.74, 6) is 0.233. The van der Waals surface area contributed by atoms with Crippen LogP contribution in [-0.4, -0.2) is 43.0 Å². The summed E-state index contributed by atoms with van der Waals surface area (Å²) in [6.07, 6.45) is 2.52. The second-order valence-electron chi connectivity index (χ2n) is 6.90. The Morgan fingerprint density at radius 2 is 1.88 bits per heavy atom. The first-order chi connectivity index (χ1) is 12.0. The molecule has 138 valence electrons. The zero-order valence-corrected chi connectivity index (χ0v) is 15.7. The summed E-state index contributed by atoms with van der Waals surface area (Å²) >= 11 is 0. The van der Waals surface area contributed by atoms with Crippen LogP contribution in [0.3, 0.4) is 0 Å². The van der Waals surface area contributed by atoms with Crippen LogP contribution in [0.4, 0.5) is 5.69 Å². The number of carbonyl (C=O) groups is 2. The molecule has 0 bridgehead atoms. The molecular formula is C20H30N2O3. The molecule has 2 atom stereocenters. The quantitative estimate of drug-likeness (QED) is 0.802. The van der Waals surface area contributed by atoms with Gasteiger partial charge in [-0.2, -0.15) is 0 Å². The van der Waals surface area contributed by atoms with Crippen molar-refractivity contribution in [1.29, 1.82) is 0 Å². The van der Waals surface area contributed by atoms with Gasteiger partial charge in [0.25, 0.3) is 0 Å². The molecule has 0 saturated carbocycles. The lowest BCUT2D eigenvalue weighted by Gasteiger charge is -2.34. The van der Waals surface area contributed by atoms with Gasteiger partial charge in [-0.25, -0.2) is 0 Å². The van der Waals surface area contributed by atoms with Gasteiger partial charge in [0.1, 0.15) is 0 Å². The highest BCUT2D eigenvalue weighted by Gasteiger charge is 2.30. The number of ether oxygens (including phenoxy) is 1. The van der Waals surface area contributed by atoms with E-state index in [-0.39, 0.29) is 23.8 Å². The number of hydrogen-bond donors (Lipinski definition) is 1.